The van der Waals surface area contributed by atoms with Crippen molar-refractivity contribution >= 4 is 5.78 Å². The molecule has 0 aromatic carbocycles. The van der Waals surface area contributed by atoms with Crippen LogP contribution in [-0.4, -0.2) is 48.6 Å². The number of Topliss-reactive ketones (excluding diaryl/α,β-unsaturated/α-hetero) is 1. The molecule has 0 saturated carbocycles. The van der Waals surface area contributed by atoms with E-state index >= 15 is 0 Å². The number of fused-ring (bicyclic) bond motifs is 1. The second kappa shape index (κ2) is 4.43. The maximum Gasteiger partial charge on any atom is 0.164 e. The van der Waals surface area contributed by atoms with Crippen LogP contribution in [0.5, 0.6) is 0 Å². The summed E-state index contributed by atoms with van der Waals surface area (Å²) in [6.45, 7) is 6.41. The largest absolute Gasteiger partial charge is 0.310 e. The fraction of sp³-hybridized carbons (Fsp3) is 0.643. The lowest BCUT2D eigenvalue weighted by molar-refractivity contribution is 0.0971. The smallest absolute Gasteiger partial charge is 0.164 e. The molecule has 1 fully saturated rings. The van der Waals surface area contributed by atoms with E-state index in [1.807, 2.05) is 0 Å². The molecule has 1 aliphatic heterocycles. The maximum absolute atomic E-state index is 11.9. The number of carbonyl (C=O) groups excluding carboxylic acids is 1. The van der Waals surface area contributed by atoms with Crippen LogP contribution < -0.4 is 5.01 Å². The SMILES string of the molecule is Cc1cc2c(n1N1CCN(C)CC1)CCCC2=O. The number of rotatable bonds is 1. The molecule has 0 unspecified atom stereocenters. The fourth-order valence-electron chi connectivity index (χ4n) is 3.10. The highest BCUT2D eigenvalue weighted by atomic mass is 16.1. The molecule has 0 spiro atoms. The first kappa shape index (κ1) is 11.8. The molecule has 1 aliphatic carbocycles. The van der Waals surface area contributed by atoms with Crippen molar-refractivity contribution < 1.29 is 4.79 Å². The summed E-state index contributed by atoms with van der Waals surface area (Å²) in [5, 5.41) is 2.40. The van der Waals surface area contributed by atoms with Crippen molar-refractivity contribution in [2.75, 3.05) is 38.2 Å². The summed E-state index contributed by atoms with van der Waals surface area (Å²) < 4.78 is 2.30. The molecule has 0 amide bonds. The summed E-state index contributed by atoms with van der Waals surface area (Å²) in [6, 6.07) is 2.08. The third kappa shape index (κ3) is 1.85. The predicted molar refractivity (Wildman–Crippen MR) is 71.9 cm³/mol. The van der Waals surface area contributed by atoms with Crippen LogP contribution in [0.2, 0.25) is 0 Å². The van der Waals surface area contributed by atoms with Gasteiger partial charge in [-0.2, -0.15) is 0 Å². The monoisotopic (exact) mass is 247 g/mol. The molecule has 0 atom stereocenters. The first-order valence-electron chi connectivity index (χ1n) is 6.85. The Morgan fingerprint density at radius 3 is 2.56 bits per heavy atom. The second-order valence-electron chi connectivity index (χ2n) is 5.49. The van der Waals surface area contributed by atoms with Gasteiger partial charge in [-0.25, -0.2) is 0 Å². The Hall–Kier alpha value is -1.29. The standard InChI is InChI=1S/C14H21N3O/c1-11-10-12-13(4-3-5-14(12)18)17(11)16-8-6-15(2)7-9-16/h10H,3-9H2,1-2H3. The van der Waals surface area contributed by atoms with Gasteiger partial charge in [0, 0.05) is 43.9 Å². The van der Waals surface area contributed by atoms with Gasteiger partial charge in [0.05, 0.1) is 5.69 Å². The molecule has 3 rings (SSSR count). The van der Waals surface area contributed by atoms with Crippen LogP contribution in [-0.2, 0) is 6.42 Å². The fourth-order valence-corrected chi connectivity index (χ4v) is 3.10. The van der Waals surface area contributed by atoms with Crippen molar-refractivity contribution in [2.24, 2.45) is 0 Å². The van der Waals surface area contributed by atoms with Gasteiger partial charge >= 0.3 is 0 Å². The molecule has 98 valence electrons. The number of hydrogen-bond donors (Lipinski definition) is 0. The van der Waals surface area contributed by atoms with Crippen molar-refractivity contribution in [1.82, 2.24) is 9.58 Å². The lowest BCUT2D eigenvalue weighted by atomic mass is 9.97. The van der Waals surface area contributed by atoms with E-state index < -0.39 is 0 Å². The Bertz CT molecular complexity index is 470. The molecular formula is C14H21N3O. The van der Waals surface area contributed by atoms with Gasteiger partial charge in [-0.3, -0.25) is 9.47 Å². The lowest BCUT2D eigenvalue weighted by Crippen LogP contribution is -2.50. The van der Waals surface area contributed by atoms with Gasteiger partial charge in [0.1, 0.15) is 0 Å². The molecular weight excluding hydrogens is 226 g/mol. The number of aryl methyl sites for hydroxylation is 1. The molecule has 1 aromatic rings. The number of hydrogen-bond acceptors (Lipinski definition) is 3. The lowest BCUT2D eigenvalue weighted by Gasteiger charge is -2.37. The number of nitrogens with zero attached hydrogens (tertiary/aromatic N) is 3. The number of aromatic nitrogens is 1. The highest BCUT2D eigenvalue weighted by molar-refractivity contribution is 5.98. The van der Waals surface area contributed by atoms with Gasteiger partial charge in [-0.1, -0.05) is 0 Å². The highest BCUT2D eigenvalue weighted by Crippen LogP contribution is 2.25. The van der Waals surface area contributed by atoms with Crippen molar-refractivity contribution in [1.29, 1.82) is 0 Å². The van der Waals surface area contributed by atoms with Crippen molar-refractivity contribution in [2.45, 2.75) is 26.2 Å². The van der Waals surface area contributed by atoms with Crippen LogP contribution in [0.1, 0.15) is 34.6 Å². The Morgan fingerprint density at radius 1 is 1.11 bits per heavy atom. The Morgan fingerprint density at radius 2 is 1.83 bits per heavy atom. The second-order valence-corrected chi connectivity index (χ2v) is 5.49. The topological polar surface area (TPSA) is 28.5 Å². The number of ketones is 1. The van der Waals surface area contributed by atoms with Gasteiger partial charge in [0.15, 0.2) is 5.78 Å². The third-order valence-electron chi connectivity index (χ3n) is 4.13. The maximum atomic E-state index is 11.9. The van der Waals surface area contributed by atoms with E-state index in [0.29, 0.717) is 5.78 Å². The van der Waals surface area contributed by atoms with E-state index in [0.717, 1.165) is 51.0 Å². The Labute approximate surface area is 108 Å². The molecule has 1 aromatic heterocycles. The summed E-state index contributed by atoms with van der Waals surface area (Å²) in [4.78, 5) is 14.3. The zero-order chi connectivity index (χ0) is 12.7. The minimum Gasteiger partial charge on any atom is -0.310 e. The van der Waals surface area contributed by atoms with E-state index in [9.17, 15) is 4.79 Å². The summed E-state index contributed by atoms with van der Waals surface area (Å²) in [7, 11) is 2.17. The van der Waals surface area contributed by atoms with Gasteiger partial charge in [-0.05, 0) is 32.9 Å². The van der Waals surface area contributed by atoms with Crippen LogP contribution in [0.15, 0.2) is 6.07 Å². The minimum atomic E-state index is 0.326. The van der Waals surface area contributed by atoms with Gasteiger partial charge in [0.2, 0.25) is 0 Å². The van der Waals surface area contributed by atoms with E-state index in [4.69, 9.17) is 0 Å². The zero-order valence-corrected chi connectivity index (χ0v) is 11.3. The van der Waals surface area contributed by atoms with E-state index in [2.05, 4.69) is 34.6 Å². The molecule has 0 radical (unpaired) electrons. The quantitative estimate of drug-likeness (QED) is 0.746. The average Bonchev–Trinajstić information content (AvgIpc) is 2.69. The molecule has 1 saturated heterocycles. The minimum absolute atomic E-state index is 0.326. The van der Waals surface area contributed by atoms with E-state index in [-0.39, 0.29) is 0 Å². The predicted octanol–water partition coefficient (Wildman–Crippen LogP) is 1.20. The first-order valence-corrected chi connectivity index (χ1v) is 6.85. The van der Waals surface area contributed by atoms with Crippen LogP contribution >= 0.6 is 0 Å². The van der Waals surface area contributed by atoms with Gasteiger partial charge in [-0.15, -0.1) is 0 Å². The normalized spacial score (nSPS) is 21.2. The van der Waals surface area contributed by atoms with Crippen LogP contribution in [0, 0.1) is 6.92 Å². The number of piperazine rings is 1. The summed E-state index contributed by atoms with van der Waals surface area (Å²) in [5.74, 6) is 0.326. The van der Waals surface area contributed by atoms with Gasteiger partial charge in [0.25, 0.3) is 0 Å². The number of carbonyl (C=O) groups is 1. The molecule has 4 nitrogen and oxygen atoms in total. The average molecular weight is 247 g/mol. The van der Waals surface area contributed by atoms with Crippen LogP contribution in [0.4, 0.5) is 0 Å². The van der Waals surface area contributed by atoms with Crippen LogP contribution in [0.25, 0.3) is 0 Å². The van der Waals surface area contributed by atoms with Gasteiger partial charge < -0.3 is 9.91 Å². The summed E-state index contributed by atoms with van der Waals surface area (Å²) in [5.41, 5.74) is 3.42. The van der Waals surface area contributed by atoms with Crippen molar-refractivity contribution in [3.05, 3.63) is 23.0 Å². The summed E-state index contributed by atoms with van der Waals surface area (Å²) in [6.07, 6.45) is 2.77. The third-order valence-corrected chi connectivity index (χ3v) is 4.13. The molecule has 0 bridgehead atoms. The van der Waals surface area contributed by atoms with E-state index in [1.165, 1.54) is 11.4 Å². The molecule has 4 heteroatoms. The molecule has 18 heavy (non-hydrogen) atoms. The molecule has 2 aliphatic rings. The van der Waals surface area contributed by atoms with E-state index in [1.54, 1.807) is 0 Å². The Balaban J connectivity index is 1.94. The highest BCUT2D eigenvalue weighted by Gasteiger charge is 2.26. The first-order chi connectivity index (χ1) is 8.66. The molecule has 2 heterocycles. The summed E-state index contributed by atoms with van der Waals surface area (Å²) >= 11 is 0. The molecule has 0 N–H and O–H groups in total. The van der Waals surface area contributed by atoms with Crippen molar-refractivity contribution in [3.8, 4) is 0 Å². The van der Waals surface area contributed by atoms with Crippen molar-refractivity contribution in [3.63, 3.8) is 0 Å². The zero-order valence-electron chi connectivity index (χ0n) is 11.3. The van der Waals surface area contributed by atoms with Crippen LogP contribution in [0.3, 0.4) is 0 Å². The Kier molecular flexibility index (Phi) is 2.90. The number of likely N-dealkylation sites (N-methyl/N-ethyl adjacent to an activating group) is 1.